The molecule has 0 saturated heterocycles. The van der Waals surface area contributed by atoms with Crippen molar-refractivity contribution in [2.75, 3.05) is 0 Å². The largest absolute Gasteiger partial charge is 0.445 e. The zero-order valence-electron chi connectivity index (χ0n) is 13.4. The maximum Gasteiger partial charge on any atom is 0.410 e. The molecule has 3 rings (SSSR count). The van der Waals surface area contributed by atoms with Gasteiger partial charge in [0.15, 0.2) is 0 Å². The Hall–Kier alpha value is -3.01. The van der Waals surface area contributed by atoms with E-state index in [0.717, 1.165) is 16.7 Å². The average molecular weight is 320 g/mol. The van der Waals surface area contributed by atoms with Gasteiger partial charge in [0, 0.05) is 18.9 Å². The van der Waals surface area contributed by atoms with Crippen molar-refractivity contribution >= 4 is 6.09 Å². The Bertz CT molecular complexity index is 740. The molecule has 4 heteroatoms. The highest BCUT2D eigenvalue weighted by atomic mass is 16.6. The third-order valence-electron chi connectivity index (χ3n) is 3.72. The number of carbonyl (C=O) groups excluding carboxylic acids is 1. The van der Waals surface area contributed by atoms with Crippen LogP contribution in [-0.2, 0) is 24.4 Å². The minimum Gasteiger partial charge on any atom is -0.445 e. The summed E-state index contributed by atoms with van der Waals surface area (Å²) in [5, 5.41) is 0. The van der Waals surface area contributed by atoms with Gasteiger partial charge in [-0.2, -0.15) is 0 Å². The highest BCUT2D eigenvalue weighted by Crippen LogP contribution is 2.12. The Labute approximate surface area is 141 Å². The third-order valence-corrected chi connectivity index (χ3v) is 3.72. The SMILES string of the molecule is O=C(OCc1ccccc1)N(Cc1ccccc1)Cc1cc[nH]c1. The van der Waals surface area contributed by atoms with E-state index in [4.69, 9.17) is 4.74 Å². The van der Waals surface area contributed by atoms with Crippen molar-refractivity contribution in [1.82, 2.24) is 9.88 Å². The summed E-state index contributed by atoms with van der Waals surface area (Å²) < 4.78 is 5.49. The van der Waals surface area contributed by atoms with Crippen LogP contribution < -0.4 is 0 Å². The van der Waals surface area contributed by atoms with Gasteiger partial charge in [-0.3, -0.25) is 4.90 Å². The molecule has 4 nitrogen and oxygen atoms in total. The lowest BCUT2D eigenvalue weighted by atomic mass is 10.2. The van der Waals surface area contributed by atoms with Gasteiger partial charge in [-0.15, -0.1) is 0 Å². The van der Waals surface area contributed by atoms with Gasteiger partial charge in [0.25, 0.3) is 0 Å². The lowest BCUT2D eigenvalue weighted by molar-refractivity contribution is 0.0911. The number of benzene rings is 2. The van der Waals surface area contributed by atoms with Crippen LogP contribution in [0, 0.1) is 0 Å². The summed E-state index contributed by atoms with van der Waals surface area (Å²) in [6, 6.07) is 21.6. The molecular formula is C20H20N2O2. The van der Waals surface area contributed by atoms with Crippen LogP contribution in [-0.4, -0.2) is 16.0 Å². The standard InChI is InChI=1S/C20H20N2O2/c23-20(24-16-18-9-5-2-6-10-18)22(15-19-11-12-21-13-19)14-17-7-3-1-4-8-17/h1-13,21H,14-16H2. The molecular weight excluding hydrogens is 300 g/mol. The van der Waals surface area contributed by atoms with Gasteiger partial charge in [-0.1, -0.05) is 60.7 Å². The number of carbonyl (C=O) groups is 1. The molecule has 3 aromatic rings. The zero-order valence-corrected chi connectivity index (χ0v) is 13.4. The van der Waals surface area contributed by atoms with Gasteiger partial charge >= 0.3 is 6.09 Å². The maximum atomic E-state index is 12.5. The fourth-order valence-electron chi connectivity index (χ4n) is 2.48. The van der Waals surface area contributed by atoms with Crippen molar-refractivity contribution in [3.8, 4) is 0 Å². The minimum atomic E-state index is -0.316. The monoisotopic (exact) mass is 320 g/mol. The molecule has 0 radical (unpaired) electrons. The quantitative estimate of drug-likeness (QED) is 0.734. The summed E-state index contributed by atoms with van der Waals surface area (Å²) in [5.41, 5.74) is 3.10. The second-order valence-corrected chi connectivity index (χ2v) is 5.60. The van der Waals surface area contributed by atoms with Crippen molar-refractivity contribution in [2.24, 2.45) is 0 Å². The predicted octanol–water partition coefficient (Wildman–Crippen LogP) is 4.35. The first kappa shape index (κ1) is 15.9. The van der Waals surface area contributed by atoms with Crippen molar-refractivity contribution in [2.45, 2.75) is 19.7 Å². The molecule has 0 fully saturated rings. The molecule has 1 aromatic heterocycles. The predicted molar refractivity (Wildman–Crippen MR) is 93.1 cm³/mol. The first-order valence-electron chi connectivity index (χ1n) is 7.92. The van der Waals surface area contributed by atoms with Crippen molar-refractivity contribution < 1.29 is 9.53 Å². The highest BCUT2D eigenvalue weighted by molar-refractivity contribution is 5.67. The smallest absolute Gasteiger partial charge is 0.410 e. The number of ether oxygens (including phenoxy) is 1. The van der Waals surface area contributed by atoms with E-state index in [9.17, 15) is 4.79 Å². The van der Waals surface area contributed by atoms with E-state index in [2.05, 4.69) is 4.98 Å². The van der Waals surface area contributed by atoms with Gasteiger partial charge in [-0.25, -0.2) is 4.79 Å². The third kappa shape index (κ3) is 4.49. The number of aromatic nitrogens is 1. The van der Waals surface area contributed by atoms with Crippen LogP contribution in [0.4, 0.5) is 4.79 Å². The summed E-state index contributed by atoms with van der Waals surface area (Å²) in [5.74, 6) is 0. The van der Waals surface area contributed by atoms with E-state index in [0.29, 0.717) is 13.1 Å². The molecule has 24 heavy (non-hydrogen) atoms. The Morgan fingerprint density at radius 2 is 1.46 bits per heavy atom. The number of hydrogen-bond donors (Lipinski definition) is 1. The number of amides is 1. The van der Waals surface area contributed by atoms with Crippen LogP contribution in [0.5, 0.6) is 0 Å². The van der Waals surface area contributed by atoms with Gasteiger partial charge in [0.05, 0.1) is 6.54 Å². The van der Waals surface area contributed by atoms with E-state index < -0.39 is 0 Å². The summed E-state index contributed by atoms with van der Waals surface area (Å²) >= 11 is 0. The molecule has 0 unspecified atom stereocenters. The van der Waals surface area contributed by atoms with Crippen LogP contribution >= 0.6 is 0 Å². The first-order valence-corrected chi connectivity index (χ1v) is 7.92. The van der Waals surface area contributed by atoms with Crippen LogP contribution in [0.25, 0.3) is 0 Å². The molecule has 1 heterocycles. The molecule has 0 atom stereocenters. The first-order chi connectivity index (χ1) is 11.8. The van der Waals surface area contributed by atoms with Crippen molar-refractivity contribution in [3.63, 3.8) is 0 Å². The maximum absolute atomic E-state index is 12.5. The van der Waals surface area contributed by atoms with Crippen molar-refractivity contribution in [1.29, 1.82) is 0 Å². The molecule has 0 aliphatic rings. The summed E-state index contributed by atoms with van der Waals surface area (Å²) in [4.78, 5) is 17.3. The van der Waals surface area contributed by atoms with Crippen LogP contribution in [0.2, 0.25) is 0 Å². The lowest BCUT2D eigenvalue weighted by Crippen LogP contribution is -2.30. The minimum absolute atomic E-state index is 0.276. The number of nitrogens with zero attached hydrogens (tertiary/aromatic N) is 1. The molecule has 122 valence electrons. The van der Waals surface area contributed by atoms with Gasteiger partial charge < -0.3 is 9.72 Å². The average Bonchev–Trinajstić information content (AvgIpc) is 3.14. The zero-order chi connectivity index (χ0) is 16.6. The fourth-order valence-corrected chi connectivity index (χ4v) is 2.48. The highest BCUT2D eigenvalue weighted by Gasteiger charge is 2.16. The summed E-state index contributed by atoms with van der Waals surface area (Å²) in [7, 11) is 0. The van der Waals surface area contributed by atoms with Crippen LogP contribution in [0.1, 0.15) is 16.7 Å². The Morgan fingerprint density at radius 1 is 0.833 bits per heavy atom. The van der Waals surface area contributed by atoms with E-state index in [1.165, 1.54) is 0 Å². The molecule has 1 amide bonds. The molecule has 0 spiro atoms. The Balaban J connectivity index is 1.67. The number of nitrogens with one attached hydrogen (secondary N) is 1. The normalized spacial score (nSPS) is 10.3. The van der Waals surface area contributed by atoms with E-state index >= 15 is 0 Å². The van der Waals surface area contributed by atoms with Gasteiger partial charge in [0.2, 0.25) is 0 Å². The molecule has 1 N–H and O–H groups in total. The fraction of sp³-hybridized carbons (Fsp3) is 0.150. The summed E-state index contributed by atoms with van der Waals surface area (Å²) in [6.45, 7) is 1.30. The lowest BCUT2D eigenvalue weighted by Gasteiger charge is -2.22. The Morgan fingerprint density at radius 3 is 2.08 bits per heavy atom. The molecule has 0 aliphatic carbocycles. The number of aromatic amines is 1. The second-order valence-electron chi connectivity index (χ2n) is 5.60. The van der Waals surface area contributed by atoms with Crippen LogP contribution in [0.3, 0.4) is 0 Å². The van der Waals surface area contributed by atoms with Crippen LogP contribution in [0.15, 0.2) is 79.1 Å². The molecule has 2 aromatic carbocycles. The molecule has 0 aliphatic heterocycles. The van der Waals surface area contributed by atoms with E-state index in [-0.39, 0.29) is 12.7 Å². The number of rotatable bonds is 6. The number of hydrogen-bond acceptors (Lipinski definition) is 2. The molecule has 0 bridgehead atoms. The van der Waals surface area contributed by atoms with E-state index in [1.807, 2.05) is 79.1 Å². The Kier molecular flexibility index (Phi) is 5.30. The summed E-state index contributed by atoms with van der Waals surface area (Å²) in [6.07, 6.45) is 3.43. The van der Waals surface area contributed by atoms with Gasteiger partial charge in [0.1, 0.15) is 6.61 Å². The van der Waals surface area contributed by atoms with Crippen molar-refractivity contribution in [3.05, 3.63) is 95.8 Å². The molecule has 0 saturated carbocycles. The topological polar surface area (TPSA) is 45.3 Å². The number of H-pyrrole nitrogens is 1. The second kappa shape index (κ2) is 8.02. The van der Waals surface area contributed by atoms with E-state index in [1.54, 1.807) is 4.90 Å². The van der Waals surface area contributed by atoms with Gasteiger partial charge in [-0.05, 0) is 22.8 Å².